The van der Waals surface area contributed by atoms with E-state index in [0.717, 1.165) is 10.4 Å². The molecule has 0 amide bonds. The van der Waals surface area contributed by atoms with E-state index in [2.05, 4.69) is 5.32 Å². The van der Waals surface area contributed by atoms with Crippen molar-refractivity contribution in [3.05, 3.63) is 21.9 Å². The molecule has 2 unspecified atom stereocenters. The average Bonchev–Trinajstić information content (AvgIpc) is 2.66. The fraction of sp³-hybridized carbons (Fsp3) is 0.600. The second kappa shape index (κ2) is 6.19. The van der Waals surface area contributed by atoms with Crippen molar-refractivity contribution < 1.29 is 14.9 Å². The molecule has 2 atom stereocenters. The van der Waals surface area contributed by atoms with Crippen LogP contribution in [0.25, 0.3) is 0 Å². The zero-order chi connectivity index (χ0) is 11.3. The lowest BCUT2D eigenvalue weighted by Crippen LogP contribution is -2.29. The van der Waals surface area contributed by atoms with Crippen molar-refractivity contribution in [1.29, 1.82) is 0 Å². The first kappa shape index (κ1) is 12.6. The maximum Gasteiger partial charge on any atom is 0.107 e. The highest BCUT2D eigenvalue weighted by atomic mass is 32.1. The minimum Gasteiger partial charge on any atom is -0.389 e. The van der Waals surface area contributed by atoms with Crippen LogP contribution in [0, 0.1) is 0 Å². The third kappa shape index (κ3) is 3.55. The van der Waals surface area contributed by atoms with Gasteiger partial charge in [0.15, 0.2) is 0 Å². The molecule has 0 saturated heterocycles. The van der Waals surface area contributed by atoms with Crippen molar-refractivity contribution in [2.75, 3.05) is 20.7 Å². The van der Waals surface area contributed by atoms with Crippen LogP contribution in [0.4, 0.5) is 0 Å². The molecule has 1 rings (SSSR count). The number of rotatable bonds is 6. The number of aliphatic hydroxyl groups excluding tert-OH is 2. The van der Waals surface area contributed by atoms with Gasteiger partial charge in [-0.15, -0.1) is 11.3 Å². The fourth-order valence-electron chi connectivity index (χ4n) is 1.31. The predicted molar refractivity (Wildman–Crippen MR) is 59.9 cm³/mol. The maximum absolute atomic E-state index is 9.78. The van der Waals surface area contributed by atoms with Gasteiger partial charge in [0, 0.05) is 18.5 Å². The lowest BCUT2D eigenvalue weighted by molar-refractivity contribution is 0.0204. The van der Waals surface area contributed by atoms with Crippen LogP contribution >= 0.6 is 11.3 Å². The molecule has 0 aliphatic carbocycles. The largest absolute Gasteiger partial charge is 0.389 e. The minimum atomic E-state index is -0.834. The van der Waals surface area contributed by atoms with Gasteiger partial charge in [-0.05, 0) is 24.1 Å². The molecule has 1 aromatic heterocycles. The first-order valence-electron chi connectivity index (χ1n) is 4.76. The van der Waals surface area contributed by atoms with Crippen LogP contribution < -0.4 is 5.32 Å². The van der Waals surface area contributed by atoms with Crippen LogP contribution in [0.1, 0.15) is 16.5 Å². The Balaban J connectivity index is 2.60. The Kier molecular flexibility index (Phi) is 5.21. The smallest absolute Gasteiger partial charge is 0.107 e. The molecule has 0 bridgehead atoms. The van der Waals surface area contributed by atoms with E-state index in [-0.39, 0.29) is 0 Å². The van der Waals surface area contributed by atoms with Gasteiger partial charge in [0.1, 0.15) is 6.10 Å². The highest BCUT2D eigenvalue weighted by Crippen LogP contribution is 2.23. The molecule has 0 aromatic carbocycles. The quantitative estimate of drug-likeness (QED) is 0.667. The first-order valence-corrected chi connectivity index (χ1v) is 5.64. The van der Waals surface area contributed by atoms with E-state index in [0.29, 0.717) is 13.2 Å². The Bertz CT molecular complexity index is 290. The Morgan fingerprint density at radius 2 is 2.27 bits per heavy atom. The third-order valence-electron chi connectivity index (χ3n) is 2.08. The number of ether oxygens (including phenoxy) is 1. The van der Waals surface area contributed by atoms with Crippen LogP contribution in [0.2, 0.25) is 0 Å². The zero-order valence-electron chi connectivity index (χ0n) is 8.93. The summed E-state index contributed by atoms with van der Waals surface area (Å²) in [6, 6.07) is 1.86. The van der Waals surface area contributed by atoms with E-state index < -0.39 is 12.2 Å². The van der Waals surface area contributed by atoms with E-state index in [4.69, 9.17) is 4.74 Å². The summed E-state index contributed by atoms with van der Waals surface area (Å²) in [7, 11) is 3.37. The van der Waals surface area contributed by atoms with Crippen molar-refractivity contribution in [3.8, 4) is 0 Å². The molecule has 1 heterocycles. The Morgan fingerprint density at radius 3 is 2.87 bits per heavy atom. The van der Waals surface area contributed by atoms with E-state index in [1.54, 1.807) is 14.2 Å². The monoisotopic (exact) mass is 231 g/mol. The summed E-state index contributed by atoms with van der Waals surface area (Å²) in [5.41, 5.74) is 0.745. The minimum absolute atomic E-state index is 0.372. The number of methoxy groups -OCH3 is 1. The van der Waals surface area contributed by atoms with Gasteiger partial charge in [-0.25, -0.2) is 0 Å². The molecule has 5 heteroatoms. The topological polar surface area (TPSA) is 61.7 Å². The molecule has 0 aliphatic rings. The number of hydrogen-bond acceptors (Lipinski definition) is 5. The highest BCUT2D eigenvalue weighted by Gasteiger charge is 2.18. The molecule has 86 valence electrons. The summed E-state index contributed by atoms with van der Waals surface area (Å²) in [6.45, 7) is 0.913. The summed E-state index contributed by atoms with van der Waals surface area (Å²) in [5, 5.41) is 24.0. The Hall–Kier alpha value is -0.460. The van der Waals surface area contributed by atoms with Gasteiger partial charge in [0.25, 0.3) is 0 Å². The van der Waals surface area contributed by atoms with Crippen molar-refractivity contribution in [2.24, 2.45) is 0 Å². The van der Waals surface area contributed by atoms with E-state index in [9.17, 15) is 10.2 Å². The Labute approximate surface area is 93.5 Å². The van der Waals surface area contributed by atoms with E-state index in [1.807, 2.05) is 11.4 Å². The first-order chi connectivity index (χ1) is 7.19. The highest BCUT2D eigenvalue weighted by molar-refractivity contribution is 7.10. The fourth-order valence-corrected chi connectivity index (χ4v) is 2.20. The average molecular weight is 231 g/mol. The SMILES string of the molecule is CNCC(O)C(O)c1csc(COC)c1. The van der Waals surface area contributed by atoms with Gasteiger partial charge in [-0.3, -0.25) is 0 Å². The van der Waals surface area contributed by atoms with Crippen LogP contribution in [0.15, 0.2) is 11.4 Å². The van der Waals surface area contributed by atoms with Gasteiger partial charge in [0.05, 0.1) is 12.7 Å². The van der Waals surface area contributed by atoms with Crippen molar-refractivity contribution in [1.82, 2.24) is 5.32 Å². The van der Waals surface area contributed by atoms with Crippen LogP contribution in [-0.2, 0) is 11.3 Å². The standard InChI is InChI=1S/C10H17NO3S/c1-11-4-9(12)10(13)7-3-8(5-14-2)15-6-7/h3,6,9-13H,4-5H2,1-2H3. The Morgan fingerprint density at radius 1 is 1.53 bits per heavy atom. The molecular weight excluding hydrogens is 214 g/mol. The molecule has 3 N–H and O–H groups in total. The molecule has 4 nitrogen and oxygen atoms in total. The summed E-state index contributed by atoms with van der Waals surface area (Å²) in [6.07, 6.45) is -1.61. The number of nitrogens with one attached hydrogen (secondary N) is 1. The van der Waals surface area contributed by atoms with Crippen LogP contribution in [-0.4, -0.2) is 37.0 Å². The van der Waals surface area contributed by atoms with Gasteiger partial charge in [0.2, 0.25) is 0 Å². The van der Waals surface area contributed by atoms with Crippen molar-refractivity contribution in [3.63, 3.8) is 0 Å². The molecule has 0 radical (unpaired) electrons. The molecule has 1 aromatic rings. The number of thiophene rings is 1. The van der Waals surface area contributed by atoms with E-state index in [1.165, 1.54) is 11.3 Å². The third-order valence-corrected chi connectivity index (χ3v) is 3.01. The van der Waals surface area contributed by atoms with Crippen LogP contribution in [0.3, 0.4) is 0 Å². The van der Waals surface area contributed by atoms with Gasteiger partial charge in [-0.2, -0.15) is 0 Å². The lowest BCUT2D eigenvalue weighted by Gasteiger charge is -2.16. The molecule has 15 heavy (non-hydrogen) atoms. The van der Waals surface area contributed by atoms with Gasteiger partial charge < -0.3 is 20.3 Å². The number of aliphatic hydroxyl groups is 2. The van der Waals surface area contributed by atoms with Crippen molar-refractivity contribution in [2.45, 2.75) is 18.8 Å². The molecular formula is C10H17NO3S. The van der Waals surface area contributed by atoms with Gasteiger partial charge >= 0.3 is 0 Å². The van der Waals surface area contributed by atoms with Gasteiger partial charge in [-0.1, -0.05) is 0 Å². The summed E-state index contributed by atoms with van der Waals surface area (Å²) < 4.78 is 4.98. The summed E-state index contributed by atoms with van der Waals surface area (Å²) in [4.78, 5) is 1.04. The lowest BCUT2D eigenvalue weighted by atomic mass is 10.1. The molecule has 0 fully saturated rings. The van der Waals surface area contributed by atoms with Crippen molar-refractivity contribution >= 4 is 11.3 Å². The molecule has 0 spiro atoms. The predicted octanol–water partition coefficient (Wildman–Crippen LogP) is 0.508. The number of likely N-dealkylation sites (N-methyl/N-ethyl adjacent to an activating group) is 1. The molecule has 0 saturated carbocycles. The summed E-state index contributed by atoms with van der Waals surface area (Å²) >= 11 is 1.52. The second-order valence-corrected chi connectivity index (χ2v) is 4.35. The number of hydrogen-bond donors (Lipinski definition) is 3. The van der Waals surface area contributed by atoms with E-state index >= 15 is 0 Å². The molecule has 0 aliphatic heterocycles. The maximum atomic E-state index is 9.78. The second-order valence-electron chi connectivity index (χ2n) is 3.35. The van der Waals surface area contributed by atoms with Crippen LogP contribution in [0.5, 0.6) is 0 Å². The summed E-state index contributed by atoms with van der Waals surface area (Å²) in [5.74, 6) is 0. The zero-order valence-corrected chi connectivity index (χ0v) is 9.75. The normalized spacial score (nSPS) is 15.2.